The smallest absolute Gasteiger partial charge is 0.337 e. The van der Waals surface area contributed by atoms with Gasteiger partial charge in [-0.2, -0.15) is 4.99 Å². The Morgan fingerprint density at radius 3 is 2.87 bits per heavy atom. The molecule has 0 fully saturated rings. The Kier molecular flexibility index (Phi) is 4.87. The molecule has 3 rings (SSSR count). The summed E-state index contributed by atoms with van der Waals surface area (Å²) in [7, 11) is 1.35. The lowest BCUT2D eigenvalue weighted by atomic mass is 10.1. The van der Waals surface area contributed by atoms with Crippen LogP contribution >= 0.6 is 23.7 Å². The highest BCUT2D eigenvalue weighted by atomic mass is 35.5. The summed E-state index contributed by atoms with van der Waals surface area (Å²) in [6.45, 7) is 0. The van der Waals surface area contributed by atoms with Gasteiger partial charge in [-0.25, -0.2) is 9.78 Å². The quantitative estimate of drug-likeness (QED) is 0.380. The molecule has 0 radical (unpaired) electrons. The number of rotatable bonds is 3. The van der Waals surface area contributed by atoms with E-state index >= 15 is 0 Å². The number of hydrogen-bond donors (Lipinski definition) is 3. The second-order valence-corrected chi connectivity index (χ2v) is 5.34. The molecule has 0 amide bonds. The summed E-state index contributed by atoms with van der Waals surface area (Å²) in [5.74, 6) is -0.415. The summed E-state index contributed by atoms with van der Waals surface area (Å²) in [6.07, 6.45) is 1.83. The number of aliphatic imine (C=N–C) groups is 1. The van der Waals surface area contributed by atoms with E-state index in [1.165, 1.54) is 18.4 Å². The number of carbonyl (C=O) groups excluding carboxylic acids is 1. The molecule has 0 saturated carbocycles. The summed E-state index contributed by atoms with van der Waals surface area (Å²) < 4.78 is 4.75. The van der Waals surface area contributed by atoms with Gasteiger partial charge in [-0.15, -0.1) is 23.7 Å². The number of thiazole rings is 1. The minimum Gasteiger partial charge on any atom is -0.465 e. The molecule has 1 aromatic carbocycles. The molecular weight excluding hydrogens is 338 g/mol. The van der Waals surface area contributed by atoms with Gasteiger partial charge >= 0.3 is 5.97 Å². The Morgan fingerprint density at radius 1 is 1.39 bits per heavy atom. The molecule has 5 N–H and O–H groups in total. The van der Waals surface area contributed by atoms with E-state index in [-0.39, 0.29) is 24.3 Å². The van der Waals surface area contributed by atoms with Crippen LogP contribution in [0.4, 0.5) is 5.13 Å². The summed E-state index contributed by atoms with van der Waals surface area (Å²) in [5.41, 5.74) is 13.7. The number of H-pyrrole nitrogens is 1. The maximum atomic E-state index is 11.7. The minimum absolute atomic E-state index is 0. The van der Waals surface area contributed by atoms with Gasteiger partial charge < -0.3 is 21.2 Å². The Labute approximate surface area is 141 Å². The van der Waals surface area contributed by atoms with Gasteiger partial charge in [0.15, 0.2) is 5.96 Å². The third-order valence-electron chi connectivity index (χ3n) is 3.10. The van der Waals surface area contributed by atoms with Crippen LogP contribution in [0.3, 0.4) is 0 Å². The van der Waals surface area contributed by atoms with Crippen LogP contribution in [0.15, 0.2) is 34.8 Å². The zero-order valence-electron chi connectivity index (χ0n) is 12.1. The number of benzene rings is 1. The van der Waals surface area contributed by atoms with Gasteiger partial charge in [-0.05, 0) is 18.2 Å². The second kappa shape index (κ2) is 6.67. The highest BCUT2D eigenvalue weighted by Crippen LogP contribution is 2.32. The third-order valence-corrected chi connectivity index (χ3v) is 3.83. The first-order chi connectivity index (χ1) is 10.6. The Balaban J connectivity index is 0.00000192. The predicted molar refractivity (Wildman–Crippen MR) is 93.5 cm³/mol. The molecule has 0 unspecified atom stereocenters. The van der Waals surface area contributed by atoms with Crippen molar-refractivity contribution in [3.8, 4) is 11.3 Å². The molecule has 23 heavy (non-hydrogen) atoms. The fourth-order valence-corrected chi connectivity index (χ4v) is 2.83. The van der Waals surface area contributed by atoms with E-state index in [9.17, 15) is 4.79 Å². The molecule has 120 valence electrons. The van der Waals surface area contributed by atoms with E-state index in [1.54, 1.807) is 12.1 Å². The van der Waals surface area contributed by atoms with Gasteiger partial charge in [-0.1, -0.05) is 0 Å². The Bertz CT molecular complexity index is 882. The highest BCUT2D eigenvalue weighted by Gasteiger charge is 2.13. The highest BCUT2D eigenvalue weighted by molar-refractivity contribution is 7.13. The topological polar surface area (TPSA) is 119 Å². The number of halogens is 1. The van der Waals surface area contributed by atoms with Crippen LogP contribution in [0, 0.1) is 0 Å². The number of guanidine groups is 1. The Hall–Kier alpha value is -2.58. The minimum atomic E-state index is -0.381. The molecule has 0 aliphatic carbocycles. The van der Waals surface area contributed by atoms with E-state index < -0.39 is 0 Å². The zero-order valence-corrected chi connectivity index (χ0v) is 13.7. The lowest BCUT2D eigenvalue weighted by Gasteiger charge is -2.00. The largest absolute Gasteiger partial charge is 0.465 e. The third kappa shape index (κ3) is 3.27. The number of nitrogens with one attached hydrogen (secondary N) is 1. The van der Waals surface area contributed by atoms with Crippen molar-refractivity contribution in [2.45, 2.75) is 0 Å². The molecule has 0 bridgehead atoms. The van der Waals surface area contributed by atoms with Crippen molar-refractivity contribution in [2.24, 2.45) is 16.5 Å². The number of nitrogens with zero attached hydrogens (tertiary/aromatic N) is 2. The van der Waals surface area contributed by atoms with Crippen LogP contribution in [-0.2, 0) is 4.74 Å². The maximum Gasteiger partial charge on any atom is 0.337 e. The fraction of sp³-hybridized carbons (Fsp3) is 0.0714. The number of ether oxygens (including phenoxy) is 1. The summed E-state index contributed by atoms with van der Waals surface area (Å²) in [5, 5.41) is 3.22. The van der Waals surface area contributed by atoms with Crippen LogP contribution in [0.1, 0.15) is 10.4 Å². The number of aromatic nitrogens is 2. The van der Waals surface area contributed by atoms with Crippen LogP contribution in [0.2, 0.25) is 0 Å². The molecule has 3 aromatic rings. The molecule has 0 atom stereocenters. The van der Waals surface area contributed by atoms with Crippen molar-refractivity contribution in [1.82, 2.24) is 9.97 Å². The molecule has 0 saturated heterocycles. The van der Waals surface area contributed by atoms with Crippen molar-refractivity contribution in [1.29, 1.82) is 0 Å². The van der Waals surface area contributed by atoms with Gasteiger partial charge in [0.2, 0.25) is 5.13 Å². The SMILES string of the molecule is COC(=O)c1ccc2[nH]cc(-c3csc(N=C(N)N)n3)c2c1.Cl. The second-order valence-electron chi connectivity index (χ2n) is 4.51. The number of aromatic amines is 1. The number of fused-ring (bicyclic) bond motifs is 1. The molecule has 0 spiro atoms. The van der Waals surface area contributed by atoms with Crippen LogP contribution in [-0.4, -0.2) is 29.0 Å². The van der Waals surface area contributed by atoms with E-state index in [1.807, 2.05) is 17.6 Å². The summed E-state index contributed by atoms with van der Waals surface area (Å²) in [4.78, 5) is 23.1. The molecule has 7 nitrogen and oxygen atoms in total. The standard InChI is InChI=1S/C14H13N5O2S.ClH/c1-21-12(20)7-2-3-10-8(4-7)9(5-17-10)11-6-22-14(18-11)19-13(15)16;/h2-6,17H,1H3,(H4,15,16,18,19);1H. The van der Waals surface area contributed by atoms with E-state index in [0.29, 0.717) is 10.7 Å². The number of carbonyl (C=O) groups is 1. The molecule has 0 aliphatic heterocycles. The first-order valence-electron chi connectivity index (χ1n) is 6.33. The Morgan fingerprint density at radius 2 is 2.17 bits per heavy atom. The normalized spacial score (nSPS) is 10.1. The zero-order chi connectivity index (χ0) is 15.7. The van der Waals surface area contributed by atoms with Gasteiger partial charge in [0.25, 0.3) is 0 Å². The van der Waals surface area contributed by atoms with Crippen LogP contribution in [0.5, 0.6) is 0 Å². The average molecular weight is 352 g/mol. The lowest BCUT2D eigenvalue weighted by Crippen LogP contribution is -2.21. The number of nitrogens with two attached hydrogens (primary N) is 2. The molecular formula is C14H14ClN5O2S. The fourth-order valence-electron chi connectivity index (χ4n) is 2.13. The predicted octanol–water partition coefficient (Wildman–Crippen LogP) is 2.40. The molecule has 9 heteroatoms. The average Bonchev–Trinajstić information content (AvgIpc) is 3.11. The van der Waals surface area contributed by atoms with Gasteiger partial charge in [0.1, 0.15) is 0 Å². The van der Waals surface area contributed by atoms with Crippen LogP contribution < -0.4 is 11.5 Å². The van der Waals surface area contributed by atoms with Crippen molar-refractivity contribution >= 4 is 51.7 Å². The van der Waals surface area contributed by atoms with Gasteiger partial charge in [0, 0.05) is 28.0 Å². The first-order valence-corrected chi connectivity index (χ1v) is 7.21. The molecule has 0 aliphatic rings. The van der Waals surface area contributed by atoms with Gasteiger partial charge in [-0.3, -0.25) is 0 Å². The first kappa shape index (κ1) is 16.8. The maximum absolute atomic E-state index is 11.7. The van der Waals surface area contributed by atoms with Gasteiger partial charge in [0.05, 0.1) is 18.4 Å². The van der Waals surface area contributed by atoms with Crippen molar-refractivity contribution in [2.75, 3.05) is 7.11 Å². The molecule has 2 aromatic heterocycles. The van der Waals surface area contributed by atoms with Crippen molar-refractivity contribution in [3.05, 3.63) is 35.3 Å². The van der Waals surface area contributed by atoms with E-state index in [4.69, 9.17) is 16.2 Å². The van der Waals surface area contributed by atoms with E-state index in [2.05, 4.69) is 15.0 Å². The number of esters is 1. The van der Waals surface area contributed by atoms with Crippen LogP contribution in [0.25, 0.3) is 22.2 Å². The monoisotopic (exact) mass is 351 g/mol. The summed E-state index contributed by atoms with van der Waals surface area (Å²) in [6, 6.07) is 5.31. The summed E-state index contributed by atoms with van der Waals surface area (Å²) >= 11 is 1.34. The van der Waals surface area contributed by atoms with E-state index in [0.717, 1.165) is 22.2 Å². The lowest BCUT2D eigenvalue weighted by molar-refractivity contribution is 0.0601. The molecule has 2 heterocycles. The van der Waals surface area contributed by atoms with Crippen molar-refractivity contribution < 1.29 is 9.53 Å². The number of hydrogen-bond acceptors (Lipinski definition) is 5. The number of methoxy groups -OCH3 is 1. The van der Waals surface area contributed by atoms with Crippen molar-refractivity contribution in [3.63, 3.8) is 0 Å².